The first-order valence-electron chi connectivity index (χ1n) is 8.20. The van der Waals surface area contributed by atoms with Gasteiger partial charge in [-0.1, -0.05) is 17.3 Å². The Labute approximate surface area is 156 Å². The fourth-order valence-corrected chi connectivity index (χ4v) is 2.47. The molecule has 0 unspecified atom stereocenters. The van der Waals surface area contributed by atoms with Crippen LogP contribution in [-0.4, -0.2) is 34.5 Å². The Balaban J connectivity index is 1.73. The van der Waals surface area contributed by atoms with E-state index in [2.05, 4.69) is 15.1 Å². The maximum Gasteiger partial charge on any atom is 0.175 e. The van der Waals surface area contributed by atoms with Crippen molar-refractivity contribution in [2.24, 2.45) is 5.16 Å². The predicted molar refractivity (Wildman–Crippen MR) is 102 cm³/mol. The van der Waals surface area contributed by atoms with Gasteiger partial charge < -0.3 is 19.7 Å². The number of methoxy groups -OCH3 is 1. The van der Waals surface area contributed by atoms with Gasteiger partial charge >= 0.3 is 0 Å². The van der Waals surface area contributed by atoms with E-state index >= 15 is 0 Å². The van der Waals surface area contributed by atoms with E-state index in [9.17, 15) is 10.4 Å². The van der Waals surface area contributed by atoms with Gasteiger partial charge in [0.05, 0.1) is 23.9 Å². The van der Waals surface area contributed by atoms with Crippen molar-refractivity contribution >= 4 is 22.3 Å². The number of imidazole rings is 1. The number of benzene rings is 2. The number of nitriles is 1. The number of nitrogens with one attached hydrogen (secondary N) is 1. The Morgan fingerprint density at radius 3 is 2.63 bits per heavy atom. The molecule has 1 heterocycles. The lowest BCUT2D eigenvalue weighted by Gasteiger charge is -2.04. The van der Waals surface area contributed by atoms with Crippen LogP contribution in [0.1, 0.15) is 18.3 Å². The summed E-state index contributed by atoms with van der Waals surface area (Å²) in [5, 5.41) is 23.6. The summed E-state index contributed by atoms with van der Waals surface area (Å²) in [6.45, 7) is 1.54. The van der Waals surface area contributed by atoms with Gasteiger partial charge in [0.25, 0.3) is 0 Å². The molecule has 0 bridgehead atoms. The number of aliphatic hydroxyl groups is 1. The fraction of sp³-hybridized carbons (Fsp3) is 0.150. The van der Waals surface area contributed by atoms with Crippen LogP contribution in [0.4, 0.5) is 0 Å². The molecule has 0 atom stereocenters. The minimum atomic E-state index is -0.247. The maximum atomic E-state index is 10.2. The van der Waals surface area contributed by atoms with E-state index in [4.69, 9.17) is 9.57 Å². The number of para-hydroxylation sites is 2. The number of allylic oxidation sites excluding steroid dienone is 1. The molecule has 7 nitrogen and oxygen atoms in total. The molecule has 2 N–H and O–H groups in total. The summed E-state index contributed by atoms with van der Waals surface area (Å²) in [6.07, 6.45) is 0. The van der Waals surface area contributed by atoms with Crippen LogP contribution in [0.3, 0.4) is 0 Å². The van der Waals surface area contributed by atoms with Gasteiger partial charge in [-0.3, -0.25) is 0 Å². The number of fused-ring (bicyclic) bond motifs is 1. The highest BCUT2D eigenvalue weighted by atomic mass is 16.6. The number of aromatic amines is 1. The molecule has 0 saturated heterocycles. The monoisotopic (exact) mass is 362 g/mol. The van der Waals surface area contributed by atoms with Crippen LogP contribution in [-0.2, 0) is 4.84 Å². The van der Waals surface area contributed by atoms with Crippen molar-refractivity contribution < 1.29 is 14.7 Å². The summed E-state index contributed by atoms with van der Waals surface area (Å²) in [5.41, 5.74) is 3.00. The van der Waals surface area contributed by atoms with Crippen LogP contribution in [0.15, 0.2) is 59.4 Å². The molecule has 136 valence electrons. The lowest BCUT2D eigenvalue weighted by Crippen LogP contribution is -2.01. The number of aromatic nitrogens is 2. The molecule has 0 radical (unpaired) electrons. The Morgan fingerprint density at radius 2 is 1.96 bits per heavy atom. The van der Waals surface area contributed by atoms with E-state index in [1.54, 1.807) is 14.0 Å². The van der Waals surface area contributed by atoms with E-state index in [-0.39, 0.29) is 23.8 Å². The van der Waals surface area contributed by atoms with Crippen molar-refractivity contribution in [3.05, 3.63) is 65.7 Å². The van der Waals surface area contributed by atoms with Crippen molar-refractivity contribution in [2.75, 3.05) is 13.7 Å². The zero-order chi connectivity index (χ0) is 19.2. The average molecular weight is 362 g/mol. The van der Waals surface area contributed by atoms with Gasteiger partial charge in [-0.05, 0) is 48.9 Å². The topological polar surface area (TPSA) is 104 Å². The normalized spacial score (nSPS) is 12.4. The molecule has 0 amide bonds. The third-order valence-corrected chi connectivity index (χ3v) is 3.94. The molecule has 3 rings (SSSR count). The Hall–Kier alpha value is -3.79. The van der Waals surface area contributed by atoms with Gasteiger partial charge in [0.1, 0.15) is 17.4 Å². The first-order chi connectivity index (χ1) is 13.1. The molecular weight excluding hydrogens is 344 g/mol. The number of oxime groups is 1. The SMILES string of the molecule is COc1ccc(/C(C)=N/OC/C(O)=C(/C#N)c2nc3ccccc3[nH]2)cc1. The fourth-order valence-electron chi connectivity index (χ4n) is 2.47. The number of rotatable bonds is 6. The standard InChI is InChI=1S/C20H18N4O3/c1-13(14-7-9-15(26-2)10-8-14)24-27-12-19(25)16(11-21)20-22-17-5-3-4-6-18(17)23-20/h3-10,25H,12H2,1-2H3,(H,22,23)/b19-16+,24-13+. The number of aliphatic hydroxyl groups excluding tert-OH is 1. The summed E-state index contributed by atoms with van der Waals surface area (Å²) in [4.78, 5) is 12.5. The minimum Gasteiger partial charge on any atom is -0.507 e. The third kappa shape index (κ3) is 4.07. The van der Waals surface area contributed by atoms with Crippen LogP contribution < -0.4 is 4.74 Å². The van der Waals surface area contributed by atoms with Gasteiger partial charge in [-0.15, -0.1) is 0 Å². The smallest absolute Gasteiger partial charge is 0.175 e. The Morgan fingerprint density at radius 1 is 1.22 bits per heavy atom. The van der Waals surface area contributed by atoms with Gasteiger partial charge in [0.2, 0.25) is 0 Å². The maximum absolute atomic E-state index is 10.2. The van der Waals surface area contributed by atoms with Gasteiger partial charge in [-0.2, -0.15) is 5.26 Å². The first-order valence-corrected chi connectivity index (χ1v) is 8.20. The minimum absolute atomic E-state index is 0.0171. The third-order valence-electron chi connectivity index (χ3n) is 3.94. The first kappa shape index (κ1) is 18.0. The van der Waals surface area contributed by atoms with Gasteiger partial charge in [-0.25, -0.2) is 4.98 Å². The highest BCUT2D eigenvalue weighted by molar-refractivity contribution is 5.98. The second kappa shape index (κ2) is 8.06. The molecule has 0 spiro atoms. The van der Waals surface area contributed by atoms with Crippen molar-refractivity contribution in [3.63, 3.8) is 0 Å². The highest BCUT2D eigenvalue weighted by Crippen LogP contribution is 2.19. The summed E-state index contributed by atoms with van der Waals surface area (Å²) >= 11 is 0. The second-order valence-electron chi connectivity index (χ2n) is 5.71. The zero-order valence-corrected chi connectivity index (χ0v) is 14.9. The Bertz CT molecular complexity index is 1010. The van der Waals surface area contributed by atoms with Crippen LogP contribution in [0.5, 0.6) is 5.75 Å². The van der Waals surface area contributed by atoms with E-state index in [1.165, 1.54) is 0 Å². The number of nitrogens with zero attached hydrogens (tertiary/aromatic N) is 3. The van der Waals surface area contributed by atoms with Crippen LogP contribution in [0, 0.1) is 11.3 Å². The second-order valence-corrected chi connectivity index (χ2v) is 5.71. The molecule has 0 aliphatic carbocycles. The molecule has 0 fully saturated rings. The molecule has 7 heteroatoms. The molecule has 0 aliphatic heterocycles. The molecule has 0 aliphatic rings. The van der Waals surface area contributed by atoms with E-state index in [0.717, 1.165) is 16.8 Å². The average Bonchev–Trinajstić information content (AvgIpc) is 3.12. The Kier molecular flexibility index (Phi) is 5.38. The van der Waals surface area contributed by atoms with E-state index < -0.39 is 0 Å². The number of hydrogen-bond donors (Lipinski definition) is 2. The predicted octanol–water partition coefficient (Wildman–Crippen LogP) is 3.80. The molecular formula is C20H18N4O3. The molecule has 0 saturated carbocycles. The molecule has 3 aromatic rings. The van der Waals surface area contributed by atoms with Crippen LogP contribution >= 0.6 is 0 Å². The van der Waals surface area contributed by atoms with E-state index in [1.807, 2.05) is 54.6 Å². The zero-order valence-electron chi connectivity index (χ0n) is 14.9. The highest BCUT2D eigenvalue weighted by Gasteiger charge is 2.13. The van der Waals surface area contributed by atoms with Crippen molar-refractivity contribution in [3.8, 4) is 11.8 Å². The lowest BCUT2D eigenvalue weighted by atomic mass is 10.1. The summed E-state index contributed by atoms with van der Waals surface area (Å²) in [7, 11) is 1.60. The largest absolute Gasteiger partial charge is 0.507 e. The van der Waals surface area contributed by atoms with Crippen LogP contribution in [0.2, 0.25) is 0 Å². The molecule has 27 heavy (non-hydrogen) atoms. The van der Waals surface area contributed by atoms with Crippen molar-refractivity contribution in [1.29, 1.82) is 5.26 Å². The van der Waals surface area contributed by atoms with Gasteiger partial charge in [0.15, 0.2) is 18.2 Å². The van der Waals surface area contributed by atoms with Gasteiger partial charge in [0, 0.05) is 0 Å². The quantitative estimate of drug-likeness (QED) is 0.300. The summed E-state index contributed by atoms with van der Waals surface area (Å²) in [5.74, 6) is 0.788. The summed E-state index contributed by atoms with van der Waals surface area (Å²) in [6, 6.07) is 16.7. The molecule has 1 aromatic heterocycles. The number of H-pyrrole nitrogens is 1. The number of ether oxygens (including phenoxy) is 1. The number of hydrogen-bond acceptors (Lipinski definition) is 6. The summed E-state index contributed by atoms with van der Waals surface area (Å²) < 4.78 is 5.11. The molecule has 2 aromatic carbocycles. The van der Waals surface area contributed by atoms with Crippen LogP contribution in [0.25, 0.3) is 16.6 Å². The van der Waals surface area contributed by atoms with Crippen molar-refractivity contribution in [2.45, 2.75) is 6.92 Å². The lowest BCUT2D eigenvalue weighted by molar-refractivity contribution is 0.137. The van der Waals surface area contributed by atoms with E-state index in [0.29, 0.717) is 11.2 Å². The van der Waals surface area contributed by atoms with Crippen molar-refractivity contribution in [1.82, 2.24) is 9.97 Å².